The van der Waals surface area contributed by atoms with Crippen LogP contribution in [-0.4, -0.2) is 44.9 Å². The zero-order valence-electron chi connectivity index (χ0n) is 19.9. The highest BCUT2D eigenvalue weighted by Gasteiger charge is 2.32. The van der Waals surface area contributed by atoms with Crippen molar-refractivity contribution in [3.63, 3.8) is 0 Å². The second kappa shape index (κ2) is 11.2. The number of hydrogen-bond donors (Lipinski definition) is 4. The van der Waals surface area contributed by atoms with Crippen LogP contribution in [0.4, 0.5) is 4.39 Å². The molecule has 35 heavy (non-hydrogen) atoms. The molecule has 3 amide bonds. The van der Waals surface area contributed by atoms with Crippen molar-refractivity contribution in [1.82, 2.24) is 25.6 Å². The van der Waals surface area contributed by atoms with Crippen LogP contribution < -0.4 is 21.6 Å². The van der Waals surface area contributed by atoms with Crippen molar-refractivity contribution in [2.75, 3.05) is 6.61 Å². The molecule has 1 heterocycles. The number of nitrogens with one attached hydrogen (secondary N) is 3. The molecule has 0 atom stereocenters. The number of ether oxygens (including phenoxy) is 1. The van der Waals surface area contributed by atoms with E-state index in [0.29, 0.717) is 12.2 Å². The Bertz CT molecular complexity index is 1210. The number of nitrogens with zero attached hydrogens (tertiary/aromatic N) is 3. The number of aromatic nitrogens is 2. The monoisotopic (exact) mass is 490 g/mol. The maximum absolute atomic E-state index is 13.1. The smallest absolute Gasteiger partial charge is 0.329 e. The van der Waals surface area contributed by atoms with Crippen molar-refractivity contribution in [2.24, 2.45) is 12.1 Å². The lowest BCUT2D eigenvalue weighted by Gasteiger charge is -2.27. The SMILES string of the molecule is CCO/C(C)=N\NC(=O)C(=O)NC(C)(C)c1nc(C(=O)NCc2ccc(F)cc2)c(O)c(=O)n1C. The van der Waals surface area contributed by atoms with Gasteiger partial charge in [0, 0.05) is 20.5 Å². The first-order valence-corrected chi connectivity index (χ1v) is 10.5. The van der Waals surface area contributed by atoms with Crippen molar-refractivity contribution in [3.05, 3.63) is 57.5 Å². The molecule has 0 bridgehead atoms. The fraction of sp³-hybridized carbons (Fsp3) is 0.364. The number of aromatic hydroxyl groups is 1. The summed E-state index contributed by atoms with van der Waals surface area (Å²) in [6.07, 6.45) is 0. The Morgan fingerprint density at radius 1 is 1.20 bits per heavy atom. The first-order chi connectivity index (χ1) is 16.4. The molecular formula is C22H27FN6O6. The molecule has 0 saturated carbocycles. The van der Waals surface area contributed by atoms with Gasteiger partial charge in [-0.2, -0.15) is 0 Å². The third-order valence-electron chi connectivity index (χ3n) is 4.71. The predicted molar refractivity (Wildman–Crippen MR) is 123 cm³/mol. The summed E-state index contributed by atoms with van der Waals surface area (Å²) in [7, 11) is 1.29. The van der Waals surface area contributed by atoms with Crippen LogP contribution in [0.3, 0.4) is 0 Å². The molecule has 12 nitrogen and oxygen atoms in total. The van der Waals surface area contributed by atoms with Gasteiger partial charge in [-0.15, -0.1) is 5.10 Å². The van der Waals surface area contributed by atoms with Crippen molar-refractivity contribution in [3.8, 4) is 5.75 Å². The largest absolute Gasteiger partial charge is 0.501 e. The lowest BCUT2D eigenvalue weighted by Crippen LogP contribution is -2.50. The maximum Gasteiger partial charge on any atom is 0.329 e. The number of carbonyl (C=O) groups excluding carboxylic acids is 3. The zero-order valence-corrected chi connectivity index (χ0v) is 19.9. The number of rotatable bonds is 7. The van der Waals surface area contributed by atoms with E-state index in [1.165, 1.54) is 52.1 Å². The number of hydrogen-bond acceptors (Lipinski definition) is 8. The summed E-state index contributed by atoms with van der Waals surface area (Å²) >= 11 is 0. The molecule has 2 aromatic rings. The number of hydrazone groups is 1. The molecule has 188 valence electrons. The standard InChI is InChI=1S/C22H27FN6O6/c1-6-35-12(2)27-28-19(33)18(32)26-22(3,4)21-25-15(16(30)20(34)29(21)5)17(31)24-11-13-7-9-14(23)10-8-13/h7-10,30H,6,11H2,1-5H3,(H,24,31)(H,26,32)(H,28,33)/b27-12-. The Labute approximate surface area is 200 Å². The molecular weight excluding hydrogens is 463 g/mol. The molecule has 0 fully saturated rings. The lowest BCUT2D eigenvalue weighted by molar-refractivity contribution is -0.140. The normalized spacial score (nSPS) is 11.5. The van der Waals surface area contributed by atoms with Crippen molar-refractivity contribution in [1.29, 1.82) is 0 Å². The molecule has 0 spiro atoms. The second-order valence-corrected chi connectivity index (χ2v) is 7.89. The highest BCUT2D eigenvalue weighted by Crippen LogP contribution is 2.20. The maximum atomic E-state index is 13.1. The van der Waals surface area contributed by atoms with Crippen LogP contribution in [0.1, 0.15) is 49.6 Å². The van der Waals surface area contributed by atoms with E-state index in [9.17, 15) is 28.7 Å². The molecule has 1 aromatic carbocycles. The van der Waals surface area contributed by atoms with Crippen LogP contribution in [0.2, 0.25) is 0 Å². The minimum atomic E-state index is -1.43. The van der Waals surface area contributed by atoms with E-state index in [-0.39, 0.29) is 18.3 Å². The van der Waals surface area contributed by atoms with Crippen molar-refractivity contribution >= 4 is 23.6 Å². The Morgan fingerprint density at radius 2 is 1.83 bits per heavy atom. The fourth-order valence-electron chi connectivity index (χ4n) is 2.99. The van der Waals surface area contributed by atoms with E-state index in [1.807, 2.05) is 5.43 Å². The molecule has 13 heteroatoms. The fourth-order valence-corrected chi connectivity index (χ4v) is 2.99. The van der Waals surface area contributed by atoms with Gasteiger partial charge >= 0.3 is 11.8 Å². The quantitative estimate of drug-likeness (QED) is 0.189. The van der Waals surface area contributed by atoms with Gasteiger partial charge in [0.2, 0.25) is 11.6 Å². The third kappa shape index (κ3) is 6.85. The average molecular weight is 490 g/mol. The molecule has 4 N–H and O–H groups in total. The summed E-state index contributed by atoms with van der Waals surface area (Å²) in [4.78, 5) is 53.7. The van der Waals surface area contributed by atoms with Crippen LogP contribution in [0.15, 0.2) is 34.2 Å². The molecule has 0 aliphatic carbocycles. The van der Waals surface area contributed by atoms with Gasteiger partial charge < -0.3 is 20.5 Å². The van der Waals surface area contributed by atoms with Gasteiger partial charge in [-0.1, -0.05) is 12.1 Å². The first kappa shape index (κ1) is 27.0. The summed E-state index contributed by atoms with van der Waals surface area (Å²) in [5, 5.41) is 18.7. The van der Waals surface area contributed by atoms with Gasteiger partial charge in [-0.25, -0.2) is 14.8 Å². The topological polar surface area (TPSA) is 164 Å². The summed E-state index contributed by atoms with van der Waals surface area (Å²) in [6.45, 7) is 6.42. The Balaban J connectivity index is 2.25. The van der Waals surface area contributed by atoms with E-state index in [0.717, 1.165) is 4.57 Å². The summed E-state index contributed by atoms with van der Waals surface area (Å²) in [6, 6.07) is 5.36. The Morgan fingerprint density at radius 3 is 2.43 bits per heavy atom. The highest BCUT2D eigenvalue weighted by molar-refractivity contribution is 6.35. The molecule has 0 unspecified atom stereocenters. The highest BCUT2D eigenvalue weighted by atomic mass is 19.1. The van der Waals surface area contributed by atoms with Gasteiger partial charge in [0.15, 0.2) is 5.69 Å². The molecule has 0 aliphatic heterocycles. The van der Waals surface area contributed by atoms with Crippen LogP contribution in [0.5, 0.6) is 5.75 Å². The van der Waals surface area contributed by atoms with Crippen LogP contribution in [0, 0.1) is 5.82 Å². The summed E-state index contributed by atoms with van der Waals surface area (Å²) < 4.78 is 19.1. The summed E-state index contributed by atoms with van der Waals surface area (Å²) in [5.74, 6) is -4.36. The van der Waals surface area contributed by atoms with Crippen molar-refractivity contribution < 1.29 is 28.6 Å². The molecule has 2 rings (SSSR count). The number of halogens is 1. The number of carbonyl (C=O) groups is 3. The van der Waals surface area contributed by atoms with Crippen LogP contribution in [-0.2, 0) is 33.5 Å². The van der Waals surface area contributed by atoms with Gasteiger partial charge in [-0.05, 0) is 38.5 Å². The van der Waals surface area contributed by atoms with E-state index in [4.69, 9.17) is 4.74 Å². The second-order valence-electron chi connectivity index (χ2n) is 7.89. The van der Waals surface area contributed by atoms with Crippen LogP contribution in [0.25, 0.3) is 0 Å². The predicted octanol–water partition coefficient (Wildman–Crippen LogP) is 0.392. The molecule has 0 aliphatic rings. The molecule has 0 saturated heterocycles. The van der Waals surface area contributed by atoms with Gasteiger partial charge in [0.1, 0.15) is 11.6 Å². The first-order valence-electron chi connectivity index (χ1n) is 10.5. The number of benzene rings is 1. The molecule has 1 aromatic heterocycles. The van der Waals surface area contributed by atoms with Gasteiger partial charge in [0.25, 0.3) is 11.5 Å². The van der Waals surface area contributed by atoms with Gasteiger partial charge in [-0.3, -0.25) is 23.7 Å². The average Bonchev–Trinajstić information content (AvgIpc) is 2.80. The van der Waals surface area contributed by atoms with Crippen molar-refractivity contribution in [2.45, 2.75) is 39.8 Å². The lowest BCUT2D eigenvalue weighted by atomic mass is 10.0. The Kier molecular flexibility index (Phi) is 8.65. The minimum Gasteiger partial charge on any atom is -0.501 e. The van der Waals surface area contributed by atoms with E-state index < -0.39 is 46.1 Å². The third-order valence-corrected chi connectivity index (χ3v) is 4.71. The van der Waals surface area contributed by atoms with Crippen LogP contribution >= 0.6 is 0 Å². The number of amides is 3. The Hall–Kier alpha value is -4.29. The minimum absolute atomic E-state index is 0.0211. The molecule has 0 radical (unpaired) electrons. The zero-order chi connectivity index (χ0) is 26.3. The van der Waals surface area contributed by atoms with E-state index >= 15 is 0 Å². The van der Waals surface area contributed by atoms with E-state index in [1.54, 1.807) is 6.92 Å². The van der Waals surface area contributed by atoms with E-state index in [2.05, 4.69) is 20.7 Å². The van der Waals surface area contributed by atoms with Gasteiger partial charge in [0.05, 0.1) is 12.1 Å². The summed E-state index contributed by atoms with van der Waals surface area (Å²) in [5.41, 5.74) is -0.334.